The lowest BCUT2D eigenvalue weighted by Gasteiger charge is -2.24. The zero-order chi connectivity index (χ0) is 20.8. The third kappa shape index (κ3) is 13.0. The number of carbonyl (C=O) groups excluding carboxylic acids is 2. The van der Waals surface area contributed by atoms with Crippen molar-refractivity contribution in [1.29, 1.82) is 0 Å². The van der Waals surface area contributed by atoms with E-state index in [1.165, 1.54) is 32.6 Å². The molecule has 6 nitrogen and oxygen atoms in total. The van der Waals surface area contributed by atoms with E-state index in [1.807, 2.05) is 13.8 Å². The molecule has 0 heterocycles. The zero-order valence-corrected chi connectivity index (χ0v) is 17.6. The fourth-order valence-electron chi connectivity index (χ4n) is 3.16. The van der Waals surface area contributed by atoms with E-state index >= 15 is 0 Å². The van der Waals surface area contributed by atoms with E-state index in [9.17, 15) is 24.7 Å². The van der Waals surface area contributed by atoms with Gasteiger partial charge < -0.3 is 20.5 Å². The van der Waals surface area contributed by atoms with Crippen molar-refractivity contribution < 1.29 is 24.7 Å². The first-order chi connectivity index (χ1) is 12.7. The number of nitrogens with one attached hydrogen (secondary N) is 1. The van der Waals surface area contributed by atoms with E-state index in [2.05, 4.69) is 12.2 Å². The van der Waals surface area contributed by atoms with Crippen molar-refractivity contribution in [3.05, 3.63) is 0 Å². The highest BCUT2D eigenvalue weighted by Crippen LogP contribution is 2.16. The minimum atomic E-state index is -1.67. The summed E-state index contributed by atoms with van der Waals surface area (Å²) in [7, 11) is -1.67. The summed E-state index contributed by atoms with van der Waals surface area (Å²) < 4.78 is 0. The minimum Gasteiger partial charge on any atom is -0.426 e. The predicted octanol–water partition coefficient (Wildman–Crippen LogP) is 2.63. The monoisotopic (exact) mass is 385 g/mol. The van der Waals surface area contributed by atoms with Gasteiger partial charge in [0.1, 0.15) is 5.78 Å². The third-order valence-electron chi connectivity index (χ3n) is 4.84. The molecule has 0 aliphatic heterocycles. The number of aliphatic hydroxyl groups is 1. The molecule has 4 N–H and O–H groups in total. The van der Waals surface area contributed by atoms with Gasteiger partial charge in [-0.3, -0.25) is 9.59 Å². The number of hydrogen-bond donors (Lipinski definition) is 4. The fraction of sp³-hybridized carbons (Fsp3) is 0.900. The van der Waals surface area contributed by atoms with Crippen molar-refractivity contribution in [2.75, 3.05) is 0 Å². The van der Waals surface area contributed by atoms with Crippen molar-refractivity contribution in [3.8, 4) is 0 Å². The molecule has 0 aromatic rings. The molecule has 7 heteroatoms. The van der Waals surface area contributed by atoms with Crippen LogP contribution >= 0.6 is 0 Å². The van der Waals surface area contributed by atoms with Crippen molar-refractivity contribution in [2.45, 2.75) is 104 Å². The molecule has 0 unspecified atom stereocenters. The van der Waals surface area contributed by atoms with Gasteiger partial charge in [-0.15, -0.1) is 0 Å². The molecular weight excluding hydrogens is 345 g/mol. The number of ketones is 1. The molecule has 0 fully saturated rings. The number of carbonyl (C=O) groups is 2. The van der Waals surface area contributed by atoms with Gasteiger partial charge in [-0.25, -0.2) is 0 Å². The maximum atomic E-state index is 12.4. The van der Waals surface area contributed by atoms with Gasteiger partial charge in [-0.1, -0.05) is 59.3 Å². The number of amides is 1. The second-order valence-corrected chi connectivity index (χ2v) is 8.12. The summed E-state index contributed by atoms with van der Waals surface area (Å²) in [5.74, 6) is -2.04. The van der Waals surface area contributed by atoms with E-state index in [0.29, 0.717) is 12.8 Å². The van der Waals surface area contributed by atoms with Gasteiger partial charge in [-0.05, 0) is 25.7 Å². The first-order valence-corrected chi connectivity index (χ1v) is 10.5. The van der Waals surface area contributed by atoms with Gasteiger partial charge in [0.25, 0.3) is 0 Å². The van der Waals surface area contributed by atoms with Crippen LogP contribution in [0.4, 0.5) is 0 Å². The molecule has 0 saturated carbocycles. The summed E-state index contributed by atoms with van der Waals surface area (Å²) in [6.07, 6.45) is 7.68. The summed E-state index contributed by atoms with van der Waals surface area (Å²) in [4.78, 5) is 24.7. The van der Waals surface area contributed by atoms with Crippen LogP contribution in [0.15, 0.2) is 0 Å². The summed E-state index contributed by atoms with van der Waals surface area (Å²) in [6, 6.07) is 0. The van der Waals surface area contributed by atoms with Crippen molar-refractivity contribution in [1.82, 2.24) is 5.32 Å². The Balaban J connectivity index is 4.40. The van der Waals surface area contributed by atoms with E-state index in [4.69, 9.17) is 0 Å². The van der Waals surface area contributed by atoms with Crippen LogP contribution in [-0.2, 0) is 9.59 Å². The number of Topliss-reactive ketones (excluding diaryl/α,β-unsaturated/α-hetero) is 1. The lowest BCUT2D eigenvalue weighted by atomic mass is 9.74. The number of rotatable bonds is 16. The number of unbranched alkanes of at least 4 members (excludes halogenated alkanes) is 6. The van der Waals surface area contributed by atoms with E-state index in [0.717, 1.165) is 19.3 Å². The van der Waals surface area contributed by atoms with Crippen LogP contribution in [0.25, 0.3) is 0 Å². The molecule has 3 atom stereocenters. The molecule has 0 saturated heterocycles. The van der Waals surface area contributed by atoms with Crippen LogP contribution in [0, 0.1) is 11.8 Å². The first-order valence-electron chi connectivity index (χ1n) is 10.5. The van der Waals surface area contributed by atoms with Crippen LogP contribution in [0.2, 0.25) is 0 Å². The topological polar surface area (TPSA) is 107 Å². The van der Waals surface area contributed by atoms with Crippen molar-refractivity contribution in [2.24, 2.45) is 11.8 Å². The number of aliphatic hydroxyl groups excluding tert-OH is 1. The maximum absolute atomic E-state index is 12.4. The first kappa shape index (κ1) is 26.1. The number of hydrogen-bond acceptors (Lipinski definition) is 5. The molecule has 0 aromatic heterocycles. The second kappa shape index (κ2) is 15.1. The highest BCUT2D eigenvalue weighted by Gasteiger charge is 2.32. The van der Waals surface area contributed by atoms with Crippen molar-refractivity contribution >= 4 is 18.8 Å². The smallest absolute Gasteiger partial charge is 0.426 e. The Morgan fingerprint density at radius 3 is 2.00 bits per heavy atom. The maximum Gasteiger partial charge on any atom is 0.475 e. The molecule has 0 aliphatic carbocycles. The third-order valence-corrected chi connectivity index (χ3v) is 4.84. The molecule has 158 valence electrons. The molecule has 0 bridgehead atoms. The summed E-state index contributed by atoms with van der Waals surface area (Å²) in [5.41, 5.74) is 0. The highest BCUT2D eigenvalue weighted by molar-refractivity contribution is 6.43. The van der Waals surface area contributed by atoms with Gasteiger partial charge >= 0.3 is 7.12 Å². The SMILES string of the molecule is CCCCCCCCCC(=O)C[C@H](C(=O)N[C@@H](CC(C)C)B(O)O)[C@@H](C)O. The standard InChI is InChI=1S/C20H40BNO5/c1-5-6-7-8-9-10-11-12-17(24)14-18(16(4)23)20(25)22-19(21(26)27)13-15(2)3/h15-16,18-19,23,26-27H,5-14H2,1-4H3,(H,22,25)/t16-,18+,19+/m1/s1. The van der Waals surface area contributed by atoms with Crippen LogP contribution in [-0.4, -0.2) is 46.0 Å². The molecule has 0 aliphatic rings. The molecule has 0 radical (unpaired) electrons. The van der Waals surface area contributed by atoms with E-state index in [1.54, 1.807) is 0 Å². The lowest BCUT2D eigenvalue weighted by molar-refractivity contribution is -0.133. The Morgan fingerprint density at radius 2 is 1.52 bits per heavy atom. The van der Waals surface area contributed by atoms with Gasteiger partial charge in [0.15, 0.2) is 0 Å². The van der Waals surface area contributed by atoms with Crippen molar-refractivity contribution in [3.63, 3.8) is 0 Å². The average Bonchev–Trinajstić information content (AvgIpc) is 2.57. The molecule has 0 spiro atoms. The van der Waals surface area contributed by atoms with E-state index < -0.39 is 31.0 Å². The van der Waals surface area contributed by atoms with Crippen LogP contribution in [0.1, 0.15) is 91.9 Å². The predicted molar refractivity (Wildman–Crippen MR) is 109 cm³/mol. The molecule has 27 heavy (non-hydrogen) atoms. The van der Waals surface area contributed by atoms with Gasteiger partial charge in [0.2, 0.25) is 5.91 Å². The Hall–Kier alpha value is -0.915. The Labute approximate surface area is 165 Å². The quantitative estimate of drug-likeness (QED) is 0.241. The van der Waals surface area contributed by atoms with Gasteiger partial charge in [0.05, 0.1) is 18.0 Å². The average molecular weight is 385 g/mol. The van der Waals surface area contributed by atoms with Crippen LogP contribution in [0.3, 0.4) is 0 Å². The Morgan fingerprint density at radius 1 is 0.963 bits per heavy atom. The normalized spacial score (nSPS) is 14.7. The fourth-order valence-corrected chi connectivity index (χ4v) is 3.16. The largest absolute Gasteiger partial charge is 0.475 e. The molecule has 1 amide bonds. The second-order valence-electron chi connectivity index (χ2n) is 8.12. The summed E-state index contributed by atoms with van der Waals surface area (Å²) in [5, 5.41) is 31.4. The molecular formula is C20H40BNO5. The summed E-state index contributed by atoms with van der Waals surface area (Å²) in [6.45, 7) is 7.50. The zero-order valence-electron chi connectivity index (χ0n) is 17.6. The minimum absolute atomic E-state index is 0.0186. The van der Waals surface area contributed by atoms with Gasteiger partial charge in [-0.2, -0.15) is 0 Å². The summed E-state index contributed by atoms with van der Waals surface area (Å²) >= 11 is 0. The highest BCUT2D eigenvalue weighted by atomic mass is 16.4. The Kier molecular flexibility index (Phi) is 14.5. The van der Waals surface area contributed by atoms with Crippen LogP contribution in [0.5, 0.6) is 0 Å². The molecule has 0 rings (SSSR count). The van der Waals surface area contributed by atoms with Crippen LogP contribution < -0.4 is 5.32 Å². The van der Waals surface area contributed by atoms with E-state index in [-0.39, 0.29) is 18.1 Å². The lowest BCUT2D eigenvalue weighted by Crippen LogP contribution is -2.50. The van der Waals surface area contributed by atoms with Gasteiger partial charge in [0, 0.05) is 12.8 Å². The Bertz CT molecular complexity index is 415. The molecule has 0 aromatic carbocycles.